The highest BCUT2D eigenvalue weighted by atomic mass is 19.2. The topological polar surface area (TPSA) is 443 Å². The molecule has 0 saturated carbocycles. The van der Waals surface area contributed by atoms with E-state index in [0.29, 0.717) is 38.5 Å². The molecule has 0 radical (unpaired) electrons. The number of hydrogen-bond donors (Lipinski definition) is 7. The fraction of sp³-hybridized carbons (Fsp3) is 0.753. The summed E-state index contributed by atoms with van der Waals surface area (Å²) in [4.78, 5) is 177. The number of nitrogens with one attached hydrogen (secondary N) is 7. The molecule has 0 bridgehead atoms. The van der Waals surface area contributed by atoms with Crippen molar-refractivity contribution in [2.45, 2.75) is 279 Å². The molecule has 1 aromatic carbocycles. The van der Waals surface area contributed by atoms with E-state index < -0.39 is 181 Å². The number of halogens is 5. The van der Waals surface area contributed by atoms with Gasteiger partial charge in [0.25, 0.3) is 0 Å². The third-order valence-electron chi connectivity index (χ3n) is 20.9. The minimum absolute atomic E-state index is 0.0675. The molecule has 7 amide bonds. The van der Waals surface area contributed by atoms with E-state index in [9.17, 15) is 89.1 Å². The summed E-state index contributed by atoms with van der Waals surface area (Å²) in [5, 5.41) is 19.6. The van der Waals surface area contributed by atoms with Gasteiger partial charge in [0.15, 0.2) is 18.9 Å². The maximum atomic E-state index is 14.5. The first-order valence-corrected chi connectivity index (χ1v) is 41.2. The summed E-state index contributed by atoms with van der Waals surface area (Å²) in [6.45, 7) is 19.7. The molecule has 680 valence electrons. The third kappa shape index (κ3) is 38.1. The molecule has 3 heterocycles. The molecule has 3 fully saturated rings. The van der Waals surface area contributed by atoms with Gasteiger partial charge in [-0.2, -0.15) is 8.78 Å². The average molecular weight is 1720 g/mol. The van der Waals surface area contributed by atoms with Crippen LogP contribution in [-0.2, 0) is 124 Å². The minimum Gasteiger partial charge on any atom is -0.463 e. The number of carbonyl (C=O) groups is 14. The number of carbonyl (C=O) groups excluding carboxylic acids is 14. The van der Waals surface area contributed by atoms with E-state index in [1.165, 1.54) is 41.5 Å². The molecule has 3 aliphatic rings. The second kappa shape index (κ2) is 54.6. The molecule has 4 rings (SSSR count). The van der Waals surface area contributed by atoms with Crippen LogP contribution in [0.5, 0.6) is 5.75 Å². The maximum absolute atomic E-state index is 14.5. The van der Waals surface area contributed by atoms with Gasteiger partial charge in [-0.05, 0) is 83.5 Å². The first-order chi connectivity index (χ1) is 56.8. The van der Waals surface area contributed by atoms with Crippen molar-refractivity contribution in [3.05, 3.63) is 29.1 Å². The third-order valence-corrected chi connectivity index (χ3v) is 20.9. The normalized spacial score (nSPS) is 23.1. The molecule has 15 unspecified atom stereocenters. The van der Waals surface area contributed by atoms with E-state index in [4.69, 9.17) is 56.8 Å². The lowest BCUT2D eigenvalue weighted by Crippen LogP contribution is -2.53. The van der Waals surface area contributed by atoms with Gasteiger partial charge >= 0.3 is 41.8 Å². The molecule has 7 N–H and O–H groups in total. The molecule has 3 aliphatic heterocycles. The quantitative estimate of drug-likeness (QED) is 0.00690. The Morgan fingerprint density at radius 3 is 0.858 bits per heavy atom. The van der Waals surface area contributed by atoms with Crippen LogP contribution >= 0.6 is 0 Å². The molecule has 0 aliphatic carbocycles. The summed E-state index contributed by atoms with van der Waals surface area (Å²) in [7, 11) is 0. The molecule has 34 nitrogen and oxygen atoms in total. The van der Waals surface area contributed by atoms with Crippen molar-refractivity contribution >= 4 is 83.1 Å². The molecular formula is C81H124F5N7O27. The van der Waals surface area contributed by atoms with Gasteiger partial charge in [-0.1, -0.05) is 41.5 Å². The predicted molar refractivity (Wildman–Crippen MR) is 413 cm³/mol. The van der Waals surface area contributed by atoms with Crippen molar-refractivity contribution in [2.24, 2.45) is 35.5 Å². The van der Waals surface area contributed by atoms with E-state index in [2.05, 4.69) is 42.0 Å². The van der Waals surface area contributed by atoms with Crippen LogP contribution in [0.15, 0.2) is 0 Å². The zero-order valence-corrected chi connectivity index (χ0v) is 70.9. The Morgan fingerprint density at radius 1 is 0.317 bits per heavy atom. The molecule has 1 aromatic rings. The molecule has 39 heteroatoms. The van der Waals surface area contributed by atoms with Crippen molar-refractivity contribution in [1.29, 1.82) is 0 Å². The van der Waals surface area contributed by atoms with Gasteiger partial charge in [-0.15, -0.1) is 0 Å². The summed E-state index contributed by atoms with van der Waals surface area (Å²) in [6, 6.07) is 0. The number of rotatable bonds is 54. The highest BCUT2D eigenvalue weighted by Crippen LogP contribution is 2.38. The number of hydrogen-bond acceptors (Lipinski definition) is 27. The molecule has 0 aromatic heterocycles. The number of amides is 7. The Balaban J connectivity index is 1.38. The Kier molecular flexibility index (Phi) is 47.1. The predicted octanol–water partition coefficient (Wildman–Crippen LogP) is 6.56. The second-order valence-electron chi connectivity index (χ2n) is 30.6. The number of esters is 7. The summed E-state index contributed by atoms with van der Waals surface area (Å²) in [5.41, 5.74) is -1.55. The van der Waals surface area contributed by atoms with Crippen LogP contribution in [0.25, 0.3) is 0 Å². The molecule has 15 atom stereocenters. The molecular weight excluding hydrogens is 1600 g/mol. The zero-order chi connectivity index (χ0) is 89.2. The summed E-state index contributed by atoms with van der Waals surface area (Å²) >= 11 is 0. The SMILES string of the molecule is CC(=O)OCC1OC(OCCCCC(=O)NCCCNC(=O)CCC(CCC(=O)NCCCNC(=O)CCCCOC2OC(COC(C)=O)C(OC(C)=O)C(C)C2C)(CCC(=O)NCCCNC(=O)CCCCOC2OC(COC(C)=O)C(OC(C)=O)C(C)C2C)NC(=O)CCCC(=O)Oc2c(F)c(F)c(F)c(F)c2F)C(C)C(C)C1OC(C)=O. The van der Waals surface area contributed by atoms with E-state index in [1.54, 1.807) is 0 Å². The number of unbranched alkanes of at least 4 members (excludes halogenated alkanes) is 3. The van der Waals surface area contributed by atoms with Crippen molar-refractivity contribution in [3.8, 4) is 5.75 Å². The smallest absolute Gasteiger partial charge is 0.311 e. The van der Waals surface area contributed by atoms with E-state index in [-0.39, 0.29) is 209 Å². The van der Waals surface area contributed by atoms with Gasteiger partial charge in [0.2, 0.25) is 76.2 Å². The minimum atomic E-state index is -2.49. The van der Waals surface area contributed by atoms with Crippen molar-refractivity contribution in [2.75, 3.05) is 78.9 Å². The fourth-order valence-corrected chi connectivity index (χ4v) is 13.6. The van der Waals surface area contributed by atoms with Crippen LogP contribution < -0.4 is 42.0 Å². The number of benzene rings is 1. The molecule has 3 saturated heterocycles. The van der Waals surface area contributed by atoms with Gasteiger partial charge in [0, 0.05) is 193 Å². The lowest BCUT2D eigenvalue weighted by Gasteiger charge is -2.43. The average Bonchev–Trinajstić information content (AvgIpc) is 0.833. The summed E-state index contributed by atoms with van der Waals surface area (Å²) < 4.78 is 143. The highest BCUT2D eigenvalue weighted by molar-refractivity contribution is 5.81. The first-order valence-electron chi connectivity index (χ1n) is 41.2. The Labute approximate surface area is 696 Å². The van der Waals surface area contributed by atoms with E-state index in [0.717, 1.165) is 0 Å². The van der Waals surface area contributed by atoms with Gasteiger partial charge in [0.05, 0.1) is 0 Å². The highest BCUT2D eigenvalue weighted by Gasteiger charge is 2.48. The van der Waals surface area contributed by atoms with Crippen molar-refractivity contribution < 1.29 is 151 Å². The monoisotopic (exact) mass is 1720 g/mol. The van der Waals surface area contributed by atoms with Gasteiger partial charge in [0.1, 0.15) is 56.4 Å². The van der Waals surface area contributed by atoms with E-state index >= 15 is 0 Å². The molecule has 0 spiro atoms. The first kappa shape index (κ1) is 104. The Bertz CT molecular complexity index is 3230. The Hall–Kier alpha value is -8.79. The van der Waals surface area contributed by atoms with Crippen molar-refractivity contribution in [1.82, 2.24) is 37.2 Å². The maximum Gasteiger partial charge on any atom is 0.311 e. The van der Waals surface area contributed by atoms with Gasteiger partial charge < -0.3 is 98.8 Å². The zero-order valence-electron chi connectivity index (χ0n) is 70.9. The van der Waals surface area contributed by atoms with Crippen molar-refractivity contribution in [3.63, 3.8) is 0 Å². The van der Waals surface area contributed by atoms with Crippen LogP contribution in [0, 0.1) is 64.6 Å². The van der Waals surface area contributed by atoms with Crippen LogP contribution in [-0.4, -0.2) is 223 Å². The lowest BCUT2D eigenvalue weighted by molar-refractivity contribution is -0.273. The van der Waals surface area contributed by atoms with Crippen LogP contribution in [0.1, 0.15) is 218 Å². The van der Waals surface area contributed by atoms with Gasteiger partial charge in [-0.3, -0.25) is 67.1 Å². The fourth-order valence-electron chi connectivity index (χ4n) is 13.6. The largest absolute Gasteiger partial charge is 0.463 e. The van der Waals surface area contributed by atoms with Crippen LogP contribution in [0.2, 0.25) is 0 Å². The van der Waals surface area contributed by atoms with E-state index in [1.807, 2.05) is 41.5 Å². The standard InChI is InChI=1S/C81H124F5N7O27/c1-46-49(4)78(117-58(43-111-52(7)94)74(46)114-55(10)97)108-40-16-13-23-61(100)87-34-20-37-90-64(103)28-31-81(93-67(106)26-19-27-68(107)120-77-72(85)70(83)69(82)71(84)73(77)86,32-29-65(104)91-38-21-35-88-62(101)24-14-17-41-109-79-50(5)47(2)75(115-56(11)98)59(118-79)44-112-53(8)95)33-30-66(105)92-39-22-36-89-63(102)25-15-18-42-110-80-51(6)48(3)76(116-57(12)99)60(119-80)45-113-54(9)96/h46-51,58-60,74-76,78-80H,13-45H2,1-12H3,(H,87,100)(H,88,101)(H,89,102)(H,90,103)(H,91,104)(H,92,105)(H,93,106). The van der Waals surface area contributed by atoms with Crippen LogP contribution in [0.3, 0.4) is 0 Å². The second-order valence-corrected chi connectivity index (χ2v) is 30.6. The summed E-state index contributed by atoms with van der Waals surface area (Å²) in [5.74, 6) is -23.1. The molecule has 120 heavy (non-hydrogen) atoms. The van der Waals surface area contributed by atoms with Crippen LogP contribution in [0.4, 0.5) is 22.0 Å². The lowest BCUT2D eigenvalue weighted by atomic mass is 9.82. The summed E-state index contributed by atoms with van der Waals surface area (Å²) in [6.07, 6.45) is -5.86. The van der Waals surface area contributed by atoms with Gasteiger partial charge in [-0.25, -0.2) is 13.2 Å². The number of ether oxygens (including phenoxy) is 13. The Morgan fingerprint density at radius 2 is 0.583 bits per heavy atom.